The number of hydrogen-bond acceptors (Lipinski definition) is 2. The first kappa shape index (κ1) is 15.9. The number of hydrogen-bond donors (Lipinski definition) is 1. The molecule has 0 unspecified atom stereocenters. The Morgan fingerprint density at radius 3 is 2.32 bits per heavy atom. The third-order valence-electron chi connectivity index (χ3n) is 3.18. The van der Waals surface area contributed by atoms with Crippen LogP contribution in [0.5, 0.6) is 5.88 Å². The summed E-state index contributed by atoms with van der Waals surface area (Å²) in [7, 11) is 0. The second-order valence-electron chi connectivity index (χ2n) is 4.92. The summed E-state index contributed by atoms with van der Waals surface area (Å²) in [5, 5.41) is 9.30. The SMILES string of the molecule is CCCCCCCCCc1cc(C(F)F)cc(O)n1. The highest BCUT2D eigenvalue weighted by atomic mass is 19.3. The van der Waals surface area contributed by atoms with Gasteiger partial charge >= 0.3 is 0 Å². The van der Waals surface area contributed by atoms with Gasteiger partial charge in [0.15, 0.2) is 0 Å². The summed E-state index contributed by atoms with van der Waals surface area (Å²) in [6.45, 7) is 2.19. The molecule has 0 aliphatic carbocycles. The predicted molar refractivity (Wildman–Crippen MR) is 72.6 cm³/mol. The van der Waals surface area contributed by atoms with Gasteiger partial charge in [-0.15, -0.1) is 0 Å². The van der Waals surface area contributed by atoms with Crippen molar-refractivity contribution >= 4 is 0 Å². The molecule has 0 amide bonds. The molecule has 0 radical (unpaired) electrons. The topological polar surface area (TPSA) is 33.1 Å². The molecule has 1 heterocycles. The normalized spacial score (nSPS) is 11.2. The van der Waals surface area contributed by atoms with Gasteiger partial charge in [0.05, 0.1) is 0 Å². The van der Waals surface area contributed by atoms with Gasteiger partial charge in [0.1, 0.15) is 0 Å². The van der Waals surface area contributed by atoms with Crippen molar-refractivity contribution in [3.63, 3.8) is 0 Å². The summed E-state index contributed by atoms with van der Waals surface area (Å²) >= 11 is 0. The molecule has 0 aliphatic rings. The summed E-state index contributed by atoms with van der Waals surface area (Å²) in [5.41, 5.74) is 0.411. The maximum absolute atomic E-state index is 12.5. The number of nitrogens with zero attached hydrogens (tertiary/aromatic N) is 1. The van der Waals surface area contributed by atoms with E-state index in [0.29, 0.717) is 12.1 Å². The van der Waals surface area contributed by atoms with Gasteiger partial charge in [-0.1, -0.05) is 45.4 Å². The highest BCUT2D eigenvalue weighted by molar-refractivity contribution is 5.25. The van der Waals surface area contributed by atoms with E-state index in [1.807, 2.05) is 0 Å². The molecule has 2 nitrogen and oxygen atoms in total. The molecule has 1 aromatic rings. The van der Waals surface area contributed by atoms with Crippen LogP contribution in [0.4, 0.5) is 8.78 Å². The van der Waals surface area contributed by atoms with E-state index in [1.54, 1.807) is 0 Å². The van der Waals surface area contributed by atoms with Crippen LogP contribution in [0.15, 0.2) is 12.1 Å². The van der Waals surface area contributed by atoms with Crippen LogP contribution < -0.4 is 0 Å². The third kappa shape index (κ3) is 6.50. The number of rotatable bonds is 9. The zero-order valence-electron chi connectivity index (χ0n) is 11.5. The van der Waals surface area contributed by atoms with Gasteiger partial charge in [0.25, 0.3) is 6.43 Å². The van der Waals surface area contributed by atoms with Crippen LogP contribution in [0.3, 0.4) is 0 Å². The van der Waals surface area contributed by atoms with Crippen molar-refractivity contribution in [3.8, 4) is 5.88 Å². The Morgan fingerprint density at radius 1 is 1.05 bits per heavy atom. The maximum Gasteiger partial charge on any atom is 0.264 e. The van der Waals surface area contributed by atoms with Gasteiger partial charge in [0, 0.05) is 17.3 Å². The minimum absolute atomic E-state index is 0.148. The average molecular weight is 271 g/mol. The van der Waals surface area contributed by atoms with Gasteiger partial charge < -0.3 is 5.11 Å². The lowest BCUT2D eigenvalue weighted by Crippen LogP contribution is -1.94. The first-order valence-corrected chi connectivity index (χ1v) is 7.11. The molecule has 0 atom stereocenters. The third-order valence-corrected chi connectivity index (χ3v) is 3.18. The molecule has 108 valence electrons. The Balaban J connectivity index is 2.29. The van der Waals surface area contributed by atoms with Crippen molar-refractivity contribution in [2.45, 2.75) is 64.7 Å². The zero-order valence-corrected chi connectivity index (χ0v) is 11.5. The van der Waals surface area contributed by atoms with Crippen molar-refractivity contribution in [3.05, 3.63) is 23.4 Å². The molecule has 19 heavy (non-hydrogen) atoms. The summed E-state index contributed by atoms with van der Waals surface area (Å²) < 4.78 is 25.1. The van der Waals surface area contributed by atoms with Crippen LogP contribution in [-0.4, -0.2) is 10.1 Å². The van der Waals surface area contributed by atoms with Crippen LogP contribution in [0, 0.1) is 0 Å². The predicted octanol–water partition coefficient (Wildman–Crippen LogP) is 5.02. The van der Waals surface area contributed by atoms with Crippen molar-refractivity contribution in [1.29, 1.82) is 0 Å². The van der Waals surface area contributed by atoms with Crippen molar-refractivity contribution < 1.29 is 13.9 Å². The van der Waals surface area contributed by atoms with Crippen LogP contribution in [-0.2, 0) is 6.42 Å². The average Bonchev–Trinajstić information content (AvgIpc) is 2.37. The van der Waals surface area contributed by atoms with Gasteiger partial charge in [0.2, 0.25) is 5.88 Å². The highest BCUT2D eigenvalue weighted by Gasteiger charge is 2.10. The molecule has 0 fully saturated rings. The molecular weight excluding hydrogens is 248 g/mol. The molecule has 1 rings (SSSR count). The lowest BCUT2D eigenvalue weighted by molar-refractivity contribution is 0.150. The summed E-state index contributed by atoms with van der Waals surface area (Å²) in [4.78, 5) is 3.89. The summed E-state index contributed by atoms with van der Waals surface area (Å²) in [6.07, 6.45) is 6.34. The number of alkyl halides is 2. The molecule has 1 N–H and O–H groups in total. The molecule has 0 aliphatic heterocycles. The van der Waals surface area contributed by atoms with Crippen molar-refractivity contribution in [2.75, 3.05) is 0 Å². The number of unbranched alkanes of at least 4 members (excludes halogenated alkanes) is 6. The monoisotopic (exact) mass is 271 g/mol. The van der Waals surface area contributed by atoms with Gasteiger partial charge in [-0.2, -0.15) is 0 Å². The van der Waals surface area contributed by atoms with Gasteiger partial charge in [-0.05, 0) is 18.9 Å². The molecule has 4 heteroatoms. The first-order valence-electron chi connectivity index (χ1n) is 7.11. The van der Waals surface area contributed by atoms with E-state index in [-0.39, 0.29) is 11.4 Å². The molecule has 0 spiro atoms. The minimum Gasteiger partial charge on any atom is -0.493 e. The quantitative estimate of drug-likeness (QED) is 0.640. The minimum atomic E-state index is -2.55. The van der Waals surface area contributed by atoms with Gasteiger partial charge in [-0.25, -0.2) is 13.8 Å². The van der Waals surface area contributed by atoms with E-state index < -0.39 is 6.43 Å². The Morgan fingerprint density at radius 2 is 1.68 bits per heavy atom. The Hall–Kier alpha value is -1.19. The maximum atomic E-state index is 12.5. The second-order valence-corrected chi connectivity index (χ2v) is 4.92. The van der Waals surface area contributed by atoms with Crippen LogP contribution in [0.2, 0.25) is 0 Å². The molecule has 0 saturated carbocycles. The van der Waals surface area contributed by atoms with Crippen molar-refractivity contribution in [2.24, 2.45) is 0 Å². The lowest BCUT2D eigenvalue weighted by atomic mass is 10.1. The number of aromatic hydroxyl groups is 1. The second kappa shape index (κ2) is 8.83. The molecule has 0 saturated heterocycles. The Labute approximate surface area is 113 Å². The first-order chi connectivity index (χ1) is 9.13. The largest absolute Gasteiger partial charge is 0.493 e. The fraction of sp³-hybridized carbons (Fsp3) is 0.667. The fourth-order valence-electron chi connectivity index (χ4n) is 2.11. The van der Waals surface area contributed by atoms with E-state index >= 15 is 0 Å². The molecule has 1 aromatic heterocycles. The summed E-state index contributed by atoms with van der Waals surface area (Å²) in [6, 6.07) is 2.42. The summed E-state index contributed by atoms with van der Waals surface area (Å²) in [5.74, 6) is -0.309. The lowest BCUT2D eigenvalue weighted by Gasteiger charge is -2.05. The standard InChI is InChI=1S/C15H23F2NO/c1-2-3-4-5-6-7-8-9-13-10-12(15(16)17)11-14(19)18-13/h10-11,15H,2-9H2,1H3,(H,18,19). The molecule has 0 bridgehead atoms. The van der Waals surface area contributed by atoms with Crippen LogP contribution in [0.25, 0.3) is 0 Å². The van der Waals surface area contributed by atoms with Gasteiger partial charge in [-0.3, -0.25) is 0 Å². The Kier molecular flexibility index (Phi) is 7.38. The van der Waals surface area contributed by atoms with E-state index in [4.69, 9.17) is 0 Å². The number of aromatic nitrogens is 1. The number of halogens is 2. The van der Waals surface area contributed by atoms with E-state index in [9.17, 15) is 13.9 Å². The van der Waals surface area contributed by atoms with Crippen LogP contribution >= 0.6 is 0 Å². The van der Waals surface area contributed by atoms with Crippen molar-refractivity contribution in [1.82, 2.24) is 4.98 Å². The highest BCUT2D eigenvalue weighted by Crippen LogP contribution is 2.23. The Bertz CT molecular complexity index is 369. The number of aryl methyl sites for hydroxylation is 1. The van der Waals surface area contributed by atoms with E-state index in [0.717, 1.165) is 18.9 Å². The molecule has 0 aromatic carbocycles. The fourth-order valence-corrected chi connectivity index (χ4v) is 2.11. The van der Waals surface area contributed by atoms with E-state index in [1.165, 1.54) is 38.2 Å². The smallest absolute Gasteiger partial charge is 0.264 e. The van der Waals surface area contributed by atoms with Crippen LogP contribution in [0.1, 0.15) is 69.6 Å². The van der Waals surface area contributed by atoms with E-state index in [2.05, 4.69) is 11.9 Å². The number of pyridine rings is 1. The zero-order chi connectivity index (χ0) is 14.1. The molecular formula is C15H23F2NO.